The summed E-state index contributed by atoms with van der Waals surface area (Å²) in [6.07, 6.45) is 1.86. The van der Waals surface area contributed by atoms with Crippen LogP contribution in [0.25, 0.3) is 0 Å². The van der Waals surface area contributed by atoms with Gasteiger partial charge in [-0.3, -0.25) is 4.68 Å². The Kier molecular flexibility index (Phi) is 3.39. The van der Waals surface area contributed by atoms with Crippen molar-refractivity contribution in [2.75, 3.05) is 6.61 Å². The van der Waals surface area contributed by atoms with E-state index in [1.165, 1.54) is 0 Å². The number of hydrogen-bond donors (Lipinski definition) is 2. The van der Waals surface area contributed by atoms with Crippen molar-refractivity contribution < 1.29 is 5.11 Å². The monoisotopic (exact) mass is 184 g/mol. The molecule has 1 aromatic heterocycles. The summed E-state index contributed by atoms with van der Waals surface area (Å²) >= 11 is 0. The summed E-state index contributed by atoms with van der Waals surface area (Å²) in [5, 5.41) is 13.0. The van der Waals surface area contributed by atoms with Crippen LogP contribution in [0.15, 0.2) is 0 Å². The average molecular weight is 184 g/mol. The number of rotatable bonds is 4. The van der Waals surface area contributed by atoms with Crippen LogP contribution < -0.4 is 5.73 Å². The van der Waals surface area contributed by atoms with Crippen molar-refractivity contribution in [1.82, 2.24) is 14.8 Å². The molecule has 0 radical (unpaired) electrons. The lowest BCUT2D eigenvalue weighted by molar-refractivity contribution is 0.260. The van der Waals surface area contributed by atoms with Gasteiger partial charge in [0.25, 0.3) is 0 Å². The molecule has 5 heteroatoms. The molecule has 0 aliphatic carbocycles. The molecule has 1 rings (SSSR count). The molecule has 74 valence electrons. The van der Waals surface area contributed by atoms with Gasteiger partial charge in [0.15, 0.2) is 5.82 Å². The van der Waals surface area contributed by atoms with Crippen molar-refractivity contribution in [3.63, 3.8) is 0 Å². The maximum absolute atomic E-state index is 8.85. The van der Waals surface area contributed by atoms with E-state index in [4.69, 9.17) is 10.8 Å². The van der Waals surface area contributed by atoms with Gasteiger partial charge in [-0.2, -0.15) is 5.10 Å². The molecule has 0 saturated carbocycles. The second-order valence-electron chi connectivity index (χ2n) is 3.05. The minimum Gasteiger partial charge on any atom is -0.394 e. The Hall–Kier alpha value is -0.940. The summed E-state index contributed by atoms with van der Waals surface area (Å²) in [7, 11) is 1.79. The topological polar surface area (TPSA) is 77.0 Å². The molecule has 0 aliphatic heterocycles. The number of aryl methyl sites for hydroxylation is 2. The van der Waals surface area contributed by atoms with E-state index in [2.05, 4.69) is 17.0 Å². The zero-order valence-corrected chi connectivity index (χ0v) is 8.06. The second-order valence-corrected chi connectivity index (χ2v) is 3.05. The van der Waals surface area contributed by atoms with Gasteiger partial charge in [0.05, 0.1) is 12.6 Å². The summed E-state index contributed by atoms with van der Waals surface area (Å²) in [4.78, 5) is 4.24. The Morgan fingerprint density at radius 3 is 2.85 bits per heavy atom. The number of aliphatic hydroxyl groups excluding tert-OH is 1. The Balaban J connectivity index is 2.82. The summed E-state index contributed by atoms with van der Waals surface area (Å²) in [5.41, 5.74) is 5.63. The number of hydrogen-bond acceptors (Lipinski definition) is 4. The van der Waals surface area contributed by atoms with E-state index in [0.717, 1.165) is 18.7 Å². The molecular weight excluding hydrogens is 168 g/mol. The van der Waals surface area contributed by atoms with Gasteiger partial charge in [0, 0.05) is 13.5 Å². The first-order chi connectivity index (χ1) is 6.19. The summed E-state index contributed by atoms with van der Waals surface area (Å²) in [6, 6.07) is -0.428. The highest BCUT2D eigenvalue weighted by molar-refractivity contribution is 4.98. The molecule has 1 aromatic rings. The lowest BCUT2D eigenvalue weighted by Crippen LogP contribution is -2.19. The fraction of sp³-hybridized carbons (Fsp3) is 0.750. The predicted molar refractivity (Wildman–Crippen MR) is 49.0 cm³/mol. The molecule has 0 aliphatic rings. The van der Waals surface area contributed by atoms with Gasteiger partial charge in [-0.05, 0) is 6.42 Å². The smallest absolute Gasteiger partial charge is 0.151 e. The van der Waals surface area contributed by atoms with Crippen molar-refractivity contribution in [1.29, 1.82) is 0 Å². The Bertz CT molecular complexity index is 271. The minimum absolute atomic E-state index is 0.0991. The highest BCUT2D eigenvalue weighted by Crippen LogP contribution is 2.06. The first-order valence-corrected chi connectivity index (χ1v) is 4.45. The van der Waals surface area contributed by atoms with E-state index in [1.807, 2.05) is 0 Å². The SMILES string of the molecule is CCCc1nc(C(N)CO)n(C)n1. The first kappa shape index (κ1) is 10.1. The third-order valence-electron chi connectivity index (χ3n) is 1.84. The zero-order valence-electron chi connectivity index (χ0n) is 8.06. The number of nitrogens with zero attached hydrogens (tertiary/aromatic N) is 3. The first-order valence-electron chi connectivity index (χ1n) is 4.45. The summed E-state index contributed by atoms with van der Waals surface area (Å²) in [5.74, 6) is 1.44. The van der Waals surface area contributed by atoms with Crippen molar-refractivity contribution >= 4 is 0 Å². The minimum atomic E-state index is -0.428. The molecule has 0 spiro atoms. The molecule has 0 saturated heterocycles. The Labute approximate surface area is 77.6 Å². The van der Waals surface area contributed by atoms with Crippen LogP contribution in [0.4, 0.5) is 0 Å². The van der Waals surface area contributed by atoms with Gasteiger partial charge in [-0.15, -0.1) is 0 Å². The number of aliphatic hydroxyl groups is 1. The third kappa shape index (κ3) is 2.26. The fourth-order valence-corrected chi connectivity index (χ4v) is 1.19. The molecule has 0 aromatic carbocycles. The lowest BCUT2D eigenvalue weighted by atomic mass is 10.3. The molecule has 0 amide bonds. The molecule has 3 N–H and O–H groups in total. The van der Waals surface area contributed by atoms with Crippen molar-refractivity contribution in [2.24, 2.45) is 12.8 Å². The molecular formula is C8H16N4O. The average Bonchev–Trinajstić information content (AvgIpc) is 2.46. The molecule has 1 heterocycles. The summed E-state index contributed by atoms with van der Waals surface area (Å²) < 4.78 is 1.63. The van der Waals surface area contributed by atoms with E-state index in [-0.39, 0.29) is 6.61 Å². The maximum atomic E-state index is 8.85. The zero-order chi connectivity index (χ0) is 9.84. The van der Waals surface area contributed by atoms with Crippen LogP contribution in [0.3, 0.4) is 0 Å². The van der Waals surface area contributed by atoms with E-state index >= 15 is 0 Å². The Morgan fingerprint density at radius 2 is 2.31 bits per heavy atom. The fourth-order valence-electron chi connectivity index (χ4n) is 1.19. The van der Waals surface area contributed by atoms with Crippen LogP contribution in [0.1, 0.15) is 31.0 Å². The molecule has 1 unspecified atom stereocenters. The van der Waals surface area contributed by atoms with Crippen LogP contribution in [-0.2, 0) is 13.5 Å². The van der Waals surface area contributed by atoms with Gasteiger partial charge < -0.3 is 10.8 Å². The van der Waals surface area contributed by atoms with E-state index in [0.29, 0.717) is 5.82 Å². The van der Waals surface area contributed by atoms with Gasteiger partial charge in [-0.25, -0.2) is 4.98 Å². The molecule has 5 nitrogen and oxygen atoms in total. The van der Waals surface area contributed by atoms with Gasteiger partial charge in [-0.1, -0.05) is 6.92 Å². The van der Waals surface area contributed by atoms with Crippen molar-refractivity contribution in [2.45, 2.75) is 25.8 Å². The van der Waals surface area contributed by atoms with Crippen molar-refractivity contribution in [3.8, 4) is 0 Å². The molecule has 13 heavy (non-hydrogen) atoms. The van der Waals surface area contributed by atoms with Crippen molar-refractivity contribution in [3.05, 3.63) is 11.6 Å². The molecule has 1 atom stereocenters. The van der Waals surface area contributed by atoms with Crippen LogP contribution in [-0.4, -0.2) is 26.5 Å². The van der Waals surface area contributed by atoms with Crippen LogP contribution in [0, 0.1) is 0 Å². The van der Waals surface area contributed by atoms with Gasteiger partial charge in [0.1, 0.15) is 5.82 Å². The predicted octanol–water partition coefficient (Wildman–Crippen LogP) is -0.240. The third-order valence-corrected chi connectivity index (χ3v) is 1.84. The van der Waals surface area contributed by atoms with E-state index < -0.39 is 6.04 Å². The standard InChI is InChI=1S/C8H16N4O/c1-3-4-7-10-8(6(9)5-13)12(2)11-7/h6,13H,3-5,9H2,1-2H3. The number of nitrogens with two attached hydrogens (primary N) is 1. The highest BCUT2D eigenvalue weighted by atomic mass is 16.3. The number of aromatic nitrogens is 3. The summed E-state index contributed by atoms with van der Waals surface area (Å²) in [6.45, 7) is 1.97. The lowest BCUT2D eigenvalue weighted by Gasteiger charge is -2.04. The maximum Gasteiger partial charge on any atom is 0.151 e. The highest BCUT2D eigenvalue weighted by Gasteiger charge is 2.12. The van der Waals surface area contributed by atoms with Crippen LogP contribution in [0.5, 0.6) is 0 Å². The quantitative estimate of drug-likeness (QED) is 0.677. The van der Waals surface area contributed by atoms with E-state index in [1.54, 1.807) is 11.7 Å². The largest absolute Gasteiger partial charge is 0.394 e. The van der Waals surface area contributed by atoms with Gasteiger partial charge >= 0.3 is 0 Å². The second kappa shape index (κ2) is 4.34. The van der Waals surface area contributed by atoms with Crippen LogP contribution in [0.2, 0.25) is 0 Å². The van der Waals surface area contributed by atoms with E-state index in [9.17, 15) is 0 Å². The normalized spacial score (nSPS) is 13.2. The Morgan fingerprint density at radius 1 is 1.62 bits per heavy atom. The molecule has 0 bridgehead atoms. The molecule has 0 fully saturated rings. The van der Waals surface area contributed by atoms with Crippen LogP contribution >= 0.6 is 0 Å². The van der Waals surface area contributed by atoms with Gasteiger partial charge in [0.2, 0.25) is 0 Å².